The minimum atomic E-state index is 0.857. The molecular weight excluding hydrogens is 647 g/mol. The monoisotopic (exact) mass is 677 g/mol. The van der Waals surface area contributed by atoms with Gasteiger partial charge in [0, 0.05) is 33.0 Å². The second-order valence-electron chi connectivity index (χ2n) is 13.6. The SMILES string of the molecule is c1ccc(N(c2ccc(-c3cccc4c3oc3ccccc34)cc2)c2cccc3oc4ccccc4c23)c(-c2cc3ccccc3c3ccccc23)c1. The van der Waals surface area contributed by atoms with E-state index in [0.29, 0.717) is 0 Å². The summed E-state index contributed by atoms with van der Waals surface area (Å²) in [6.07, 6.45) is 0. The van der Waals surface area contributed by atoms with E-state index >= 15 is 0 Å². The maximum absolute atomic E-state index is 6.44. The maximum atomic E-state index is 6.44. The molecule has 0 radical (unpaired) electrons. The molecule has 0 fully saturated rings. The molecule has 248 valence electrons. The largest absolute Gasteiger partial charge is 0.456 e. The summed E-state index contributed by atoms with van der Waals surface area (Å²) in [7, 11) is 0. The van der Waals surface area contributed by atoms with Crippen LogP contribution in [0.4, 0.5) is 17.1 Å². The molecule has 0 aliphatic rings. The van der Waals surface area contributed by atoms with Gasteiger partial charge in [-0.25, -0.2) is 0 Å². The summed E-state index contributed by atoms with van der Waals surface area (Å²) in [6.45, 7) is 0. The van der Waals surface area contributed by atoms with Gasteiger partial charge in [-0.3, -0.25) is 0 Å². The van der Waals surface area contributed by atoms with Crippen LogP contribution in [0.25, 0.3) is 87.7 Å². The summed E-state index contributed by atoms with van der Waals surface area (Å²) in [6, 6.07) is 66.8. The Bertz CT molecular complexity index is 3180. The van der Waals surface area contributed by atoms with E-state index in [0.717, 1.165) is 77.6 Å². The van der Waals surface area contributed by atoms with Crippen molar-refractivity contribution in [2.24, 2.45) is 0 Å². The normalized spacial score (nSPS) is 11.8. The van der Waals surface area contributed by atoms with Gasteiger partial charge in [-0.05, 0) is 81.2 Å². The van der Waals surface area contributed by atoms with Crippen LogP contribution in [0.1, 0.15) is 0 Å². The number of para-hydroxylation sites is 4. The number of benzene rings is 9. The van der Waals surface area contributed by atoms with Gasteiger partial charge in [0.05, 0.1) is 16.8 Å². The molecule has 0 aliphatic heterocycles. The molecule has 0 unspecified atom stereocenters. The molecule has 0 saturated heterocycles. The van der Waals surface area contributed by atoms with Crippen LogP contribution in [0.2, 0.25) is 0 Å². The lowest BCUT2D eigenvalue weighted by atomic mass is 9.92. The molecule has 11 rings (SSSR count). The van der Waals surface area contributed by atoms with Crippen molar-refractivity contribution >= 4 is 82.5 Å². The first-order valence-electron chi connectivity index (χ1n) is 18.0. The fourth-order valence-corrected chi connectivity index (χ4v) is 8.29. The van der Waals surface area contributed by atoms with Gasteiger partial charge in [0.2, 0.25) is 0 Å². The summed E-state index contributed by atoms with van der Waals surface area (Å²) in [5.74, 6) is 0. The van der Waals surface area contributed by atoms with Crippen molar-refractivity contribution in [1.29, 1.82) is 0 Å². The molecular formula is C50H31NO2. The van der Waals surface area contributed by atoms with E-state index in [-0.39, 0.29) is 0 Å². The number of furan rings is 2. The zero-order valence-electron chi connectivity index (χ0n) is 28.7. The Balaban J connectivity index is 1.16. The molecule has 3 heteroatoms. The average molecular weight is 678 g/mol. The number of hydrogen-bond donors (Lipinski definition) is 0. The lowest BCUT2D eigenvalue weighted by molar-refractivity contribution is 0.669. The Kier molecular flexibility index (Phi) is 6.55. The fraction of sp³-hybridized carbons (Fsp3) is 0. The summed E-state index contributed by atoms with van der Waals surface area (Å²) >= 11 is 0. The Labute approximate surface area is 305 Å². The smallest absolute Gasteiger partial charge is 0.143 e. The first-order chi connectivity index (χ1) is 26.3. The molecule has 0 N–H and O–H groups in total. The van der Waals surface area contributed by atoms with E-state index < -0.39 is 0 Å². The highest BCUT2D eigenvalue weighted by atomic mass is 16.3. The summed E-state index contributed by atoms with van der Waals surface area (Å²) < 4.78 is 12.9. The van der Waals surface area contributed by atoms with Gasteiger partial charge < -0.3 is 13.7 Å². The molecule has 2 aromatic heterocycles. The van der Waals surface area contributed by atoms with E-state index in [9.17, 15) is 0 Å². The predicted octanol–water partition coefficient (Wildman–Crippen LogP) is 14.6. The highest BCUT2D eigenvalue weighted by Gasteiger charge is 2.23. The van der Waals surface area contributed by atoms with E-state index in [1.807, 2.05) is 24.3 Å². The molecule has 0 aliphatic carbocycles. The number of rotatable bonds is 5. The van der Waals surface area contributed by atoms with Crippen LogP contribution in [0.15, 0.2) is 197 Å². The van der Waals surface area contributed by atoms with Gasteiger partial charge in [0.25, 0.3) is 0 Å². The number of anilines is 3. The third kappa shape index (κ3) is 4.61. The van der Waals surface area contributed by atoms with E-state index in [2.05, 4.69) is 169 Å². The minimum absolute atomic E-state index is 0.857. The van der Waals surface area contributed by atoms with E-state index in [4.69, 9.17) is 8.83 Å². The Morgan fingerprint density at radius 2 is 0.925 bits per heavy atom. The van der Waals surface area contributed by atoms with Gasteiger partial charge in [-0.15, -0.1) is 0 Å². The Morgan fingerprint density at radius 3 is 1.77 bits per heavy atom. The molecule has 9 aromatic carbocycles. The number of nitrogens with zero attached hydrogens (tertiary/aromatic N) is 1. The third-order valence-electron chi connectivity index (χ3n) is 10.7. The summed E-state index contributed by atoms with van der Waals surface area (Å²) in [4.78, 5) is 2.40. The first-order valence-corrected chi connectivity index (χ1v) is 18.0. The average Bonchev–Trinajstić information content (AvgIpc) is 3.80. The van der Waals surface area contributed by atoms with Crippen LogP contribution in [-0.4, -0.2) is 0 Å². The molecule has 11 aromatic rings. The van der Waals surface area contributed by atoms with Gasteiger partial charge in [0.1, 0.15) is 22.3 Å². The van der Waals surface area contributed by atoms with E-state index in [1.165, 1.54) is 27.1 Å². The molecule has 53 heavy (non-hydrogen) atoms. The predicted molar refractivity (Wildman–Crippen MR) is 222 cm³/mol. The highest BCUT2D eigenvalue weighted by Crippen LogP contribution is 2.48. The standard InChI is InChI=1S/C50H31NO2/c1-2-14-35-33(13-1)31-43(38-16-4-3-15-37(35)38)39-17-5-8-22-44(39)51(45-23-12-26-48-49(45)42-19-7-10-25-47(42)52-48)34-29-27-32(28-30-34)36-20-11-21-41-40-18-6-9-24-46(40)53-50(36)41/h1-31H. The summed E-state index contributed by atoms with van der Waals surface area (Å²) in [5, 5.41) is 9.36. The zero-order valence-corrected chi connectivity index (χ0v) is 28.7. The van der Waals surface area contributed by atoms with Crippen LogP contribution in [0, 0.1) is 0 Å². The molecule has 2 heterocycles. The second kappa shape index (κ2) is 11.7. The second-order valence-corrected chi connectivity index (χ2v) is 13.6. The molecule has 0 amide bonds. The molecule has 3 nitrogen and oxygen atoms in total. The number of fused-ring (bicyclic) bond motifs is 9. The van der Waals surface area contributed by atoms with Gasteiger partial charge in [-0.1, -0.05) is 140 Å². The van der Waals surface area contributed by atoms with Crippen molar-refractivity contribution in [2.45, 2.75) is 0 Å². The lowest BCUT2D eigenvalue weighted by Crippen LogP contribution is -2.11. The van der Waals surface area contributed by atoms with Crippen molar-refractivity contribution in [3.8, 4) is 22.3 Å². The van der Waals surface area contributed by atoms with Gasteiger partial charge >= 0.3 is 0 Å². The minimum Gasteiger partial charge on any atom is -0.456 e. The van der Waals surface area contributed by atoms with Crippen molar-refractivity contribution in [3.05, 3.63) is 188 Å². The zero-order chi connectivity index (χ0) is 34.9. The van der Waals surface area contributed by atoms with Gasteiger partial charge in [0.15, 0.2) is 0 Å². The van der Waals surface area contributed by atoms with Crippen LogP contribution in [0.3, 0.4) is 0 Å². The van der Waals surface area contributed by atoms with Crippen molar-refractivity contribution in [3.63, 3.8) is 0 Å². The van der Waals surface area contributed by atoms with Crippen molar-refractivity contribution < 1.29 is 8.83 Å². The van der Waals surface area contributed by atoms with Crippen LogP contribution in [-0.2, 0) is 0 Å². The Morgan fingerprint density at radius 1 is 0.340 bits per heavy atom. The van der Waals surface area contributed by atoms with Gasteiger partial charge in [-0.2, -0.15) is 0 Å². The Hall–Kier alpha value is -7.10. The first kappa shape index (κ1) is 29.6. The van der Waals surface area contributed by atoms with Crippen LogP contribution >= 0.6 is 0 Å². The fourth-order valence-electron chi connectivity index (χ4n) is 8.29. The van der Waals surface area contributed by atoms with E-state index in [1.54, 1.807) is 0 Å². The third-order valence-corrected chi connectivity index (χ3v) is 10.7. The van der Waals surface area contributed by atoms with Crippen molar-refractivity contribution in [2.75, 3.05) is 4.90 Å². The summed E-state index contributed by atoms with van der Waals surface area (Å²) in [5.41, 5.74) is 11.2. The molecule has 0 spiro atoms. The molecule has 0 bridgehead atoms. The quantitative estimate of drug-likeness (QED) is 0.170. The van der Waals surface area contributed by atoms with Crippen molar-refractivity contribution in [1.82, 2.24) is 0 Å². The highest BCUT2D eigenvalue weighted by molar-refractivity contribution is 6.17. The lowest BCUT2D eigenvalue weighted by Gasteiger charge is -2.29. The molecule has 0 atom stereocenters. The number of hydrogen-bond acceptors (Lipinski definition) is 3. The van der Waals surface area contributed by atoms with Crippen LogP contribution < -0.4 is 4.90 Å². The topological polar surface area (TPSA) is 29.5 Å². The molecule has 0 saturated carbocycles. The maximum Gasteiger partial charge on any atom is 0.143 e. The van der Waals surface area contributed by atoms with Crippen LogP contribution in [0.5, 0.6) is 0 Å².